The van der Waals surface area contributed by atoms with Crippen molar-refractivity contribution in [2.45, 2.75) is 66.3 Å². The molecule has 1 N–H and O–H groups in total. The van der Waals surface area contributed by atoms with Gasteiger partial charge in [0.25, 0.3) is 11.8 Å². The van der Waals surface area contributed by atoms with Crippen LogP contribution in [-0.4, -0.2) is 29.0 Å². The number of anilines is 2. The van der Waals surface area contributed by atoms with Crippen LogP contribution in [0.5, 0.6) is 0 Å². The second-order valence-corrected chi connectivity index (χ2v) is 10.6. The molecule has 0 bridgehead atoms. The van der Waals surface area contributed by atoms with Crippen LogP contribution < -0.4 is 15.1 Å². The Bertz CT molecular complexity index is 1240. The molecular weight excluding hydrogens is 442 g/mol. The Morgan fingerprint density at radius 3 is 2.44 bits per heavy atom. The molecule has 2 aliphatic heterocycles. The first-order valence-electron chi connectivity index (χ1n) is 11.9. The Morgan fingerprint density at radius 1 is 1.09 bits per heavy atom. The molecule has 1 atom stereocenters. The Kier molecular flexibility index (Phi) is 6.15. The van der Waals surface area contributed by atoms with Crippen molar-refractivity contribution in [3.63, 3.8) is 0 Å². The van der Waals surface area contributed by atoms with Gasteiger partial charge in [-0.3, -0.25) is 19.8 Å². The summed E-state index contributed by atoms with van der Waals surface area (Å²) in [6, 6.07) is 10.2. The number of aryl methyl sites for hydroxylation is 3. The zero-order chi connectivity index (χ0) is 24.9. The summed E-state index contributed by atoms with van der Waals surface area (Å²) in [5.41, 5.74) is 7.28. The number of benzene rings is 2. The van der Waals surface area contributed by atoms with Crippen LogP contribution in [0.3, 0.4) is 0 Å². The van der Waals surface area contributed by atoms with E-state index in [0.29, 0.717) is 11.6 Å². The van der Waals surface area contributed by atoms with Gasteiger partial charge < -0.3 is 4.90 Å². The highest BCUT2D eigenvalue weighted by Gasteiger charge is 2.37. The first-order valence-corrected chi connectivity index (χ1v) is 12.3. The number of carbonyl (C=O) groups is 2. The Hall–Kier alpha value is -2.99. The molecule has 2 heterocycles. The van der Waals surface area contributed by atoms with Gasteiger partial charge in [-0.1, -0.05) is 24.6 Å². The number of carbonyl (C=O) groups excluding carboxylic acids is 2. The van der Waals surface area contributed by atoms with E-state index in [2.05, 4.69) is 50.0 Å². The van der Waals surface area contributed by atoms with Gasteiger partial charge in [0.15, 0.2) is 5.11 Å². The molecule has 1 saturated heterocycles. The van der Waals surface area contributed by atoms with E-state index >= 15 is 0 Å². The van der Waals surface area contributed by atoms with Crippen LogP contribution in [0.15, 0.2) is 35.9 Å². The van der Waals surface area contributed by atoms with Crippen molar-refractivity contribution in [3.05, 3.63) is 63.7 Å². The highest BCUT2D eigenvalue weighted by molar-refractivity contribution is 7.80. The standard InChI is InChI=1S/C28H33N3O2S/c1-8-30-24-12-17(3)20(13-21(24)19(5)15-28(30,6)7)14-22-25(32)29-27(34)31(26(22)33)23-10-9-16(2)11-18(23)4/h9-14,19H,8,15H2,1-7H3,(H,29,32,34)/b22-14+/t19-/m0/s1. The number of hydrogen-bond acceptors (Lipinski definition) is 4. The number of nitrogens with zero attached hydrogens (tertiary/aromatic N) is 2. The van der Waals surface area contributed by atoms with Gasteiger partial charge in [-0.2, -0.15) is 0 Å². The minimum atomic E-state index is -0.461. The van der Waals surface area contributed by atoms with Crippen molar-refractivity contribution >= 4 is 46.6 Å². The predicted octanol–water partition coefficient (Wildman–Crippen LogP) is 5.56. The lowest BCUT2D eigenvalue weighted by Gasteiger charge is -2.47. The third-order valence-electron chi connectivity index (χ3n) is 7.08. The molecule has 6 heteroatoms. The molecule has 2 amide bonds. The van der Waals surface area contributed by atoms with E-state index in [0.717, 1.165) is 35.2 Å². The maximum absolute atomic E-state index is 13.5. The van der Waals surface area contributed by atoms with Gasteiger partial charge in [0, 0.05) is 17.8 Å². The van der Waals surface area contributed by atoms with Crippen LogP contribution in [0.25, 0.3) is 6.08 Å². The Balaban J connectivity index is 1.79. The number of thiocarbonyl (C=S) groups is 1. The SMILES string of the molecule is CCN1c2cc(C)c(/C=C3\C(=O)NC(=S)N(c4ccc(C)cc4C)C3=O)cc2[C@@H](C)CC1(C)C. The van der Waals surface area contributed by atoms with Gasteiger partial charge in [-0.15, -0.1) is 0 Å². The lowest BCUT2D eigenvalue weighted by molar-refractivity contribution is -0.122. The fourth-order valence-corrected chi connectivity index (χ4v) is 5.77. The van der Waals surface area contributed by atoms with Gasteiger partial charge in [0.2, 0.25) is 0 Å². The van der Waals surface area contributed by atoms with E-state index in [9.17, 15) is 9.59 Å². The molecule has 0 saturated carbocycles. The molecule has 0 radical (unpaired) electrons. The average Bonchev–Trinajstić information content (AvgIpc) is 2.72. The van der Waals surface area contributed by atoms with Crippen LogP contribution in [0.2, 0.25) is 0 Å². The number of amides is 2. The zero-order valence-electron chi connectivity index (χ0n) is 21.1. The highest BCUT2D eigenvalue weighted by atomic mass is 32.1. The Labute approximate surface area is 207 Å². The normalized spacial score (nSPS) is 21.1. The van der Waals surface area contributed by atoms with Crippen LogP contribution in [0.4, 0.5) is 11.4 Å². The molecule has 178 valence electrons. The topological polar surface area (TPSA) is 52.7 Å². The third-order valence-corrected chi connectivity index (χ3v) is 7.37. The molecule has 0 aromatic heterocycles. The van der Waals surface area contributed by atoms with Crippen LogP contribution in [-0.2, 0) is 9.59 Å². The fourth-order valence-electron chi connectivity index (χ4n) is 5.49. The molecule has 4 rings (SSSR count). The monoisotopic (exact) mass is 475 g/mol. The minimum Gasteiger partial charge on any atom is -0.366 e. The molecule has 2 aliphatic rings. The maximum atomic E-state index is 13.5. The van der Waals surface area contributed by atoms with E-state index in [4.69, 9.17) is 12.2 Å². The van der Waals surface area contributed by atoms with E-state index < -0.39 is 11.8 Å². The van der Waals surface area contributed by atoms with Gasteiger partial charge >= 0.3 is 0 Å². The van der Waals surface area contributed by atoms with E-state index in [-0.39, 0.29) is 16.2 Å². The van der Waals surface area contributed by atoms with Gasteiger partial charge in [-0.05, 0) is 113 Å². The summed E-state index contributed by atoms with van der Waals surface area (Å²) < 4.78 is 0. The number of fused-ring (bicyclic) bond motifs is 1. The molecule has 34 heavy (non-hydrogen) atoms. The smallest absolute Gasteiger partial charge is 0.270 e. The molecule has 0 unspecified atom stereocenters. The molecule has 0 spiro atoms. The summed E-state index contributed by atoms with van der Waals surface area (Å²) >= 11 is 5.38. The van der Waals surface area contributed by atoms with E-state index in [1.54, 1.807) is 6.08 Å². The summed E-state index contributed by atoms with van der Waals surface area (Å²) in [5, 5.41) is 2.82. The van der Waals surface area contributed by atoms with E-state index in [1.165, 1.54) is 16.2 Å². The van der Waals surface area contributed by atoms with Crippen molar-refractivity contribution in [1.82, 2.24) is 5.32 Å². The van der Waals surface area contributed by atoms with Gasteiger partial charge in [0.05, 0.1) is 5.69 Å². The quantitative estimate of drug-likeness (QED) is 0.359. The van der Waals surface area contributed by atoms with Crippen molar-refractivity contribution in [3.8, 4) is 0 Å². The average molecular weight is 476 g/mol. The lowest BCUT2D eigenvalue weighted by atomic mass is 9.79. The van der Waals surface area contributed by atoms with E-state index in [1.807, 2.05) is 39.0 Å². The molecule has 2 aromatic rings. The second kappa shape index (κ2) is 8.66. The maximum Gasteiger partial charge on any atom is 0.270 e. The summed E-state index contributed by atoms with van der Waals surface area (Å²) in [6.07, 6.45) is 2.76. The zero-order valence-corrected chi connectivity index (χ0v) is 21.9. The number of hydrogen-bond donors (Lipinski definition) is 1. The first-order chi connectivity index (χ1) is 15.9. The Morgan fingerprint density at radius 2 is 1.79 bits per heavy atom. The second-order valence-electron chi connectivity index (χ2n) is 10.2. The van der Waals surface area contributed by atoms with Crippen molar-refractivity contribution in [2.24, 2.45) is 0 Å². The minimum absolute atomic E-state index is 0.0783. The summed E-state index contributed by atoms with van der Waals surface area (Å²) in [7, 11) is 0. The molecule has 1 fully saturated rings. The third kappa shape index (κ3) is 4.05. The predicted molar refractivity (Wildman–Crippen MR) is 143 cm³/mol. The van der Waals surface area contributed by atoms with Crippen LogP contribution >= 0.6 is 12.2 Å². The van der Waals surface area contributed by atoms with Crippen LogP contribution in [0, 0.1) is 20.8 Å². The van der Waals surface area contributed by atoms with Crippen molar-refractivity contribution < 1.29 is 9.59 Å². The highest BCUT2D eigenvalue weighted by Crippen LogP contribution is 2.44. The molecular formula is C28H33N3O2S. The summed E-state index contributed by atoms with van der Waals surface area (Å²) in [6.45, 7) is 15.9. The van der Waals surface area contributed by atoms with Gasteiger partial charge in [-0.25, -0.2) is 0 Å². The van der Waals surface area contributed by atoms with Crippen molar-refractivity contribution in [2.75, 3.05) is 16.3 Å². The summed E-state index contributed by atoms with van der Waals surface area (Å²) in [5.74, 6) is -0.486. The largest absolute Gasteiger partial charge is 0.366 e. The molecule has 0 aliphatic carbocycles. The summed E-state index contributed by atoms with van der Waals surface area (Å²) in [4.78, 5) is 30.3. The molecule has 2 aromatic carbocycles. The molecule has 5 nitrogen and oxygen atoms in total. The number of nitrogens with one attached hydrogen (secondary N) is 1. The van der Waals surface area contributed by atoms with Gasteiger partial charge in [0.1, 0.15) is 5.57 Å². The lowest BCUT2D eigenvalue weighted by Crippen LogP contribution is -2.54. The van der Waals surface area contributed by atoms with Crippen LogP contribution in [0.1, 0.15) is 67.9 Å². The van der Waals surface area contributed by atoms with Crippen molar-refractivity contribution in [1.29, 1.82) is 0 Å². The first kappa shape index (κ1) is 24.1. The number of rotatable bonds is 3. The fraction of sp³-hybridized carbons (Fsp3) is 0.393.